The molecule has 0 heterocycles. The average Bonchev–Trinajstić information content (AvgIpc) is 2.95. The van der Waals surface area contributed by atoms with E-state index in [1.165, 1.54) is 12.1 Å². The van der Waals surface area contributed by atoms with Gasteiger partial charge in [0.05, 0.1) is 6.61 Å². The number of ether oxygens (including phenoxy) is 1. The maximum Gasteiger partial charge on any atom is 0.201 e. The minimum atomic E-state index is -0.982. The van der Waals surface area contributed by atoms with Gasteiger partial charge in [0.1, 0.15) is 0 Å². The lowest BCUT2D eigenvalue weighted by Crippen LogP contribution is -2.05. The van der Waals surface area contributed by atoms with Crippen LogP contribution in [0.1, 0.15) is 81.9 Å². The lowest BCUT2D eigenvalue weighted by atomic mass is 9.87. The Morgan fingerprint density at radius 1 is 0.744 bits per heavy atom. The van der Waals surface area contributed by atoms with Gasteiger partial charge >= 0.3 is 0 Å². The highest BCUT2D eigenvalue weighted by molar-refractivity contribution is 5.67. The van der Waals surface area contributed by atoms with E-state index in [-0.39, 0.29) is 11.3 Å². The number of hydrogen-bond donors (Lipinski definition) is 0. The van der Waals surface area contributed by atoms with Gasteiger partial charge in [0, 0.05) is 11.1 Å². The molecule has 0 N–H and O–H groups in total. The maximum atomic E-state index is 14.9. The van der Waals surface area contributed by atoms with E-state index in [0.29, 0.717) is 42.1 Å². The van der Waals surface area contributed by atoms with Crippen molar-refractivity contribution in [3.63, 3.8) is 0 Å². The fourth-order valence-electron chi connectivity index (χ4n) is 5.12. The van der Waals surface area contributed by atoms with Crippen LogP contribution in [0.5, 0.6) is 5.75 Å². The van der Waals surface area contributed by atoms with E-state index in [9.17, 15) is 17.6 Å². The molecule has 0 saturated heterocycles. The molecular formula is C34H38F4O. The first kappa shape index (κ1) is 28.9. The zero-order valence-corrected chi connectivity index (χ0v) is 23.0. The summed E-state index contributed by atoms with van der Waals surface area (Å²) in [6.45, 7) is 4.67. The molecule has 5 heteroatoms. The molecule has 0 bridgehead atoms. The SMILES string of the molecule is CCCCCCCOc1ccc(-c2ccc(CCc3ccc(C4=CCC(C)CC4)c(F)c3F)cc2)c(F)c1F. The Labute approximate surface area is 229 Å². The molecule has 1 atom stereocenters. The van der Waals surface area contributed by atoms with Crippen LogP contribution < -0.4 is 4.74 Å². The van der Waals surface area contributed by atoms with Gasteiger partial charge in [-0.2, -0.15) is 4.39 Å². The number of rotatable bonds is 12. The van der Waals surface area contributed by atoms with Gasteiger partial charge in [-0.3, -0.25) is 0 Å². The number of benzene rings is 3. The Morgan fingerprint density at radius 3 is 2.18 bits per heavy atom. The van der Waals surface area contributed by atoms with Crippen LogP contribution >= 0.6 is 0 Å². The summed E-state index contributed by atoms with van der Waals surface area (Å²) in [6, 6.07) is 13.4. The minimum Gasteiger partial charge on any atom is -0.490 e. The van der Waals surface area contributed by atoms with Crippen molar-refractivity contribution in [3.8, 4) is 16.9 Å². The van der Waals surface area contributed by atoms with Crippen LogP contribution in [0.15, 0.2) is 54.6 Å². The summed E-state index contributed by atoms with van der Waals surface area (Å²) >= 11 is 0. The lowest BCUT2D eigenvalue weighted by Gasteiger charge is -2.19. The molecule has 208 valence electrons. The highest BCUT2D eigenvalue weighted by Gasteiger charge is 2.19. The molecular weight excluding hydrogens is 500 g/mol. The van der Waals surface area contributed by atoms with Gasteiger partial charge in [0.15, 0.2) is 23.2 Å². The Morgan fingerprint density at radius 2 is 1.46 bits per heavy atom. The number of hydrogen-bond acceptors (Lipinski definition) is 1. The standard InChI is InChI=1S/C34H38F4O/c1-3-4-5-6-7-22-39-30-21-20-29(33(37)34(30)38)26-15-10-24(11-16-26)12-17-27-18-19-28(32(36)31(27)35)25-13-8-23(2)9-14-25/h10-11,13,15-16,18-21,23H,3-9,12,14,17,22H2,1-2H3. The van der Waals surface area contributed by atoms with Crippen LogP contribution in [0.25, 0.3) is 16.7 Å². The van der Waals surface area contributed by atoms with E-state index in [4.69, 9.17) is 4.74 Å². The zero-order valence-electron chi connectivity index (χ0n) is 23.0. The molecule has 0 spiro atoms. The first-order valence-corrected chi connectivity index (χ1v) is 14.2. The first-order chi connectivity index (χ1) is 18.9. The third-order valence-corrected chi connectivity index (χ3v) is 7.68. The van der Waals surface area contributed by atoms with Gasteiger partial charge < -0.3 is 4.74 Å². The molecule has 39 heavy (non-hydrogen) atoms. The Balaban J connectivity index is 1.37. The van der Waals surface area contributed by atoms with Crippen molar-refractivity contribution in [2.24, 2.45) is 5.92 Å². The topological polar surface area (TPSA) is 9.23 Å². The summed E-state index contributed by atoms with van der Waals surface area (Å²) in [5.41, 5.74) is 3.18. The molecule has 1 nitrogen and oxygen atoms in total. The smallest absolute Gasteiger partial charge is 0.201 e. The van der Waals surface area contributed by atoms with Gasteiger partial charge in [0.2, 0.25) is 5.82 Å². The van der Waals surface area contributed by atoms with Crippen LogP contribution in [-0.4, -0.2) is 6.61 Å². The average molecular weight is 539 g/mol. The molecule has 4 rings (SSSR count). The summed E-state index contributed by atoms with van der Waals surface area (Å²) in [7, 11) is 0. The molecule has 0 saturated carbocycles. The number of allylic oxidation sites excluding steroid dienone is 2. The van der Waals surface area contributed by atoms with Crippen molar-refractivity contribution in [1.29, 1.82) is 0 Å². The lowest BCUT2D eigenvalue weighted by molar-refractivity contribution is 0.285. The molecule has 0 aromatic heterocycles. The predicted molar refractivity (Wildman–Crippen MR) is 151 cm³/mol. The largest absolute Gasteiger partial charge is 0.490 e. The molecule has 0 radical (unpaired) electrons. The number of aryl methyl sites for hydroxylation is 2. The van der Waals surface area contributed by atoms with Gasteiger partial charge in [-0.05, 0) is 78.8 Å². The molecule has 1 aliphatic rings. The van der Waals surface area contributed by atoms with E-state index < -0.39 is 23.3 Å². The highest BCUT2D eigenvalue weighted by atomic mass is 19.2. The summed E-state index contributed by atoms with van der Waals surface area (Å²) in [5, 5.41) is 0. The summed E-state index contributed by atoms with van der Waals surface area (Å²) in [5.74, 6) is -2.98. The summed E-state index contributed by atoms with van der Waals surface area (Å²) in [4.78, 5) is 0. The van der Waals surface area contributed by atoms with Crippen molar-refractivity contribution < 1.29 is 22.3 Å². The molecule has 1 unspecified atom stereocenters. The second-order valence-corrected chi connectivity index (χ2v) is 10.7. The second kappa shape index (κ2) is 13.8. The second-order valence-electron chi connectivity index (χ2n) is 10.7. The van der Waals surface area contributed by atoms with Crippen molar-refractivity contribution in [1.82, 2.24) is 0 Å². The van der Waals surface area contributed by atoms with Gasteiger partial charge in [-0.25, -0.2) is 13.2 Å². The van der Waals surface area contributed by atoms with E-state index in [1.54, 1.807) is 24.3 Å². The maximum absolute atomic E-state index is 14.9. The highest BCUT2D eigenvalue weighted by Crippen LogP contribution is 2.33. The predicted octanol–water partition coefficient (Wildman–Crippen LogP) is 10.2. The molecule has 1 aliphatic carbocycles. The number of halogens is 4. The van der Waals surface area contributed by atoms with E-state index in [2.05, 4.69) is 13.8 Å². The summed E-state index contributed by atoms with van der Waals surface area (Å²) < 4.78 is 64.6. The van der Waals surface area contributed by atoms with Crippen LogP contribution in [0.2, 0.25) is 0 Å². The van der Waals surface area contributed by atoms with Crippen LogP contribution in [0, 0.1) is 29.2 Å². The zero-order chi connectivity index (χ0) is 27.8. The fraction of sp³-hybridized carbons (Fsp3) is 0.412. The van der Waals surface area contributed by atoms with Crippen molar-refractivity contribution in [2.45, 2.75) is 78.1 Å². The van der Waals surface area contributed by atoms with Gasteiger partial charge in [-0.1, -0.05) is 82.0 Å². The van der Waals surface area contributed by atoms with Crippen molar-refractivity contribution in [2.75, 3.05) is 6.61 Å². The van der Waals surface area contributed by atoms with Gasteiger partial charge in [-0.15, -0.1) is 0 Å². The molecule has 0 amide bonds. The van der Waals surface area contributed by atoms with Crippen LogP contribution in [0.4, 0.5) is 17.6 Å². The Kier molecular flexibility index (Phi) is 10.2. The van der Waals surface area contributed by atoms with E-state index in [0.717, 1.165) is 62.5 Å². The van der Waals surface area contributed by atoms with Gasteiger partial charge in [0.25, 0.3) is 0 Å². The Bertz CT molecular complexity index is 1280. The third kappa shape index (κ3) is 7.32. The quantitative estimate of drug-likeness (QED) is 0.165. The third-order valence-electron chi connectivity index (χ3n) is 7.68. The number of unbranched alkanes of at least 4 members (excludes halogenated alkanes) is 4. The van der Waals surface area contributed by atoms with Crippen molar-refractivity contribution >= 4 is 5.57 Å². The monoisotopic (exact) mass is 538 g/mol. The van der Waals surface area contributed by atoms with Crippen molar-refractivity contribution in [3.05, 3.63) is 94.6 Å². The fourth-order valence-corrected chi connectivity index (χ4v) is 5.12. The van der Waals surface area contributed by atoms with E-state index >= 15 is 0 Å². The molecule has 3 aromatic carbocycles. The molecule has 0 aliphatic heterocycles. The molecule has 0 fully saturated rings. The normalized spacial score (nSPS) is 15.3. The Hall–Kier alpha value is -3.08. The molecule has 3 aromatic rings. The minimum absolute atomic E-state index is 0.0713. The summed E-state index contributed by atoms with van der Waals surface area (Å²) in [6.07, 6.45) is 10.7. The van der Waals surface area contributed by atoms with E-state index in [1.807, 2.05) is 18.2 Å². The van der Waals surface area contributed by atoms with Crippen LogP contribution in [-0.2, 0) is 12.8 Å². The van der Waals surface area contributed by atoms with Crippen LogP contribution in [0.3, 0.4) is 0 Å². The first-order valence-electron chi connectivity index (χ1n) is 14.2.